The molecule has 128 valence electrons. The standard InChI is InChI=1S/C19H17FN2O3/c1-2-25-17(23)16(14-9-5-3-6-10-14)22-18(24)19(20,13-21)15-11-7-4-8-12-15/h3-12,16H,2H2,1H3,(H,22,24). The van der Waals surface area contributed by atoms with Crippen LogP contribution in [0.25, 0.3) is 0 Å². The van der Waals surface area contributed by atoms with Crippen molar-refractivity contribution in [1.82, 2.24) is 5.32 Å². The number of carbonyl (C=O) groups is 2. The quantitative estimate of drug-likeness (QED) is 0.820. The summed E-state index contributed by atoms with van der Waals surface area (Å²) in [7, 11) is 0. The first-order chi connectivity index (χ1) is 12.0. The second-order valence-electron chi connectivity index (χ2n) is 5.21. The number of carbonyl (C=O) groups excluding carboxylic acids is 2. The molecule has 1 amide bonds. The highest BCUT2D eigenvalue weighted by Gasteiger charge is 2.43. The molecular formula is C19H17FN2O3. The molecule has 2 aromatic rings. The van der Waals surface area contributed by atoms with E-state index in [1.54, 1.807) is 43.3 Å². The van der Waals surface area contributed by atoms with Gasteiger partial charge in [0.05, 0.1) is 6.61 Å². The van der Waals surface area contributed by atoms with Gasteiger partial charge in [-0.05, 0) is 12.5 Å². The van der Waals surface area contributed by atoms with Gasteiger partial charge in [0.1, 0.15) is 6.07 Å². The summed E-state index contributed by atoms with van der Waals surface area (Å²) < 4.78 is 20.0. The normalized spacial score (nSPS) is 13.8. The van der Waals surface area contributed by atoms with E-state index in [9.17, 15) is 14.9 Å². The van der Waals surface area contributed by atoms with E-state index in [0.717, 1.165) is 0 Å². The number of esters is 1. The maximum atomic E-state index is 15.0. The third kappa shape index (κ3) is 4.01. The van der Waals surface area contributed by atoms with Gasteiger partial charge in [0.15, 0.2) is 6.04 Å². The van der Waals surface area contributed by atoms with Gasteiger partial charge in [-0.15, -0.1) is 0 Å². The summed E-state index contributed by atoms with van der Waals surface area (Å²) >= 11 is 0. The minimum atomic E-state index is -2.92. The lowest BCUT2D eigenvalue weighted by Gasteiger charge is -2.22. The third-order valence-corrected chi connectivity index (χ3v) is 3.57. The van der Waals surface area contributed by atoms with Crippen molar-refractivity contribution in [2.24, 2.45) is 0 Å². The van der Waals surface area contributed by atoms with E-state index in [0.29, 0.717) is 5.56 Å². The van der Waals surface area contributed by atoms with Crippen LogP contribution >= 0.6 is 0 Å². The van der Waals surface area contributed by atoms with Crippen LogP contribution in [0.3, 0.4) is 0 Å². The Morgan fingerprint density at radius 1 is 1.16 bits per heavy atom. The van der Waals surface area contributed by atoms with Crippen LogP contribution in [-0.2, 0) is 20.0 Å². The maximum Gasteiger partial charge on any atom is 0.333 e. The molecule has 0 fully saturated rings. The Hall–Kier alpha value is -3.20. The SMILES string of the molecule is CCOC(=O)C(NC(=O)C(F)(C#N)c1ccccc1)c1ccccc1. The zero-order chi connectivity index (χ0) is 18.3. The zero-order valence-corrected chi connectivity index (χ0v) is 13.6. The molecule has 5 nitrogen and oxygen atoms in total. The van der Waals surface area contributed by atoms with E-state index >= 15 is 4.39 Å². The van der Waals surface area contributed by atoms with Crippen LogP contribution in [0.5, 0.6) is 0 Å². The molecular weight excluding hydrogens is 323 g/mol. The molecule has 0 aliphatic rings. The van der Waals surface area contributed by atoms with Crippen LogP contribution in [0.15, 0.2) is 60.7 Å². The van der Waals surface area contributed by atoms with Crippen molar-refractivity contribution in [1.29, 1.82) is 5.26 Å². The Morgan fingerprint density at radius 3 is 2.24 bits per heavy atom. The fraction of sp³-hybridized carbons (Fsp3) is 0.211. The Bertz CT molecular complexity index is 774. The number of hydrogen-bond acceptors (Lipinski definition) is 4. The smallest absolute Gasteiger partial charge is 0.333 e. The summed E-state index contributed by atoms with van der Waals surface area (Å²) in [4.78, 5) is 24.7. The van der Waals surface area contributed by atoms with Crippen LogP contribution in [0.2, 0.25) is 0 Å². The van der Waals surface area contributed by atoms with Gasteiger partial charge < -0.3 is 10.1 Å². The van der Waals surface area contributed by atoms with Gasteiger partial charge in [-0.2, -0.15) is 5.26 Å². The number of nitriles is 1. The van der Waals surface area contributed by atoms with Crippen LogP contribution < -0.4 is 5.32 Å². The topological polar surface area (TPSA) is 79.2 Å². The lowest BCUT2D eigenvalue weighted by atomic mass is 9.95. The first kappa shape index (κ1) is 18.1. The van der Waals surface area contributed by atoms with E-state index in [-0.39, 0.29) is 12.2 Å². The number of amides is 1. The lowest BCUT2D eigenvalue weighted by Crippen LogP contribution is -2.44. The van der Waals surface area contributed by atoms with Gasteiger partial charge in [0, 0.05) is 5.56 Å². The minimum absolute atomic E-state index is 0.106. The highest BCUT2D eigenvalue weighted by atomic mass is 19.1. The van der Waals surface area contributed by atoms with E-state index < -0.39 is 23.6 Å². The molecule has 0 saturated carbocycles. The largest absolute Gasteiger partial charge is 0.464 e. The average Bonchev–Trinajstić information content (AvgIpc) is 2.66. The van der Waals surface area contributed by atoms with Crippen molar-refractivity contribution in [2.75, 3.05) is 6.61 Å². The van der Waals surface area contributed by atoms with Crippen molar-refractivity contribution in [3.8, 4) is 6.07 Å². The van der Waals surface area contributed by atoms with Gasteiger partial charge in [-0.1, -0.05) is 60.7 Å². The molecule has 2 rings (SSSR count). The number of halogens is 1. The molecule has 0 aromatic heterocycles. The first-order valence-electron chi connectivity index (χ1n) is 7.71. The molecule has 2 atom stereocenters. The van der Waals surface area contributed by atoms with Crippen molar-refractivity contribution in [3.63, 3.8) is 0 Å². The Kier molecular flexibility index (Phi) is 5.85. The minimum Gasteiger partial charge on any atom is -0.464 e. The van der Waals surface area contributed by atoms with E-state index in [1.165, 1.54) is 30.3 Å². The van der Waals surface area contributed by atoms with Crippen molar-refractivity contribution < 1.29 is 18.7 Å². The lowest BCUT2D eigenvalue weighted by molar-refractivity contribution is -0.148. The summed E-state index contributed by atoms with van der Waals surface area (Å²) in [5.41, 5.74) is -2.59. The van der Waals surface area contributed by atoms with Crippen LogP contribution in [0.1, 0.15) is 24.1 Å². The Balaban J connectivity index is 2.33. The predicted molar refractivity (Wildman–Crippen MR) is 88.8 cm³/mol. The molecule has 2 unspecified atom stereocenters. The molecule has 0 heterocycles. The zero-order valence-electron chi connectivity index (χ0n) is 13.6. The number of ether oxygens (including phenoxy) is 1. The summed E-state index contributed by atoms with van der Waals surface area (Å²) in [6.45, 7) is 1.73. The van der Waals surface area contributed by atoms with Gasteiger partial charge in [-0.3, -0.25) is 4.79 Å². The fourth-order valence-corrected chi connectivity index (χ4v) is 2.29. The molecule has 0 saturated heterocycles. The molecule has 0 radical (unpaired) electrons. The van der Waals surface area contributed by atoms with Gasteiger partial charge in [0.2, 0.25) is 0 Å². The summed E-state index contributed by atoms with van der Waals surface area (Å²) in [5, 5.41) is 11.5. The second-order valence-corrected chi connectivity index (χ2v) is 5.21. The predicted octanol–water partition coefficient (Wildman–Crippen LogP) is 2.80. The van der Waals surface area contributed by atoms with Crippen molar-refractivity contribution in [2.45, 2.75) is 18.6 Å². The Morgan fingerprint density at radius 2 is 1.72 bits per heavy atom. The van der Waals surface area contributed by atoms with Crippen LogP contribution in [0, 0.1) is 11.3 Å². The second kappa shape index (κ2) is 8.06. The summed E-state index contributed by atoms with van der Waals surface area (Å²) in [6.07, 6.45) is 0. The molecule has 0 aliphatic heterocycles. The van der Waals surface area contributed by atoms with Crippen molar-refractivity contribution >= 4 is 11.9 Å². The molecule has 1 N–H and O–H groups in total. The number of nitrogens with zero attached hydrogens (tertiary/aromatic N) is 1. The number of alkyl halides is 1. The molecule has 0 spiro atoms. The molecule has 6 heteroatoms. The summed E-state index contributed by atoms with van der Waals surface area (Å²) in [5.74, 6) is -1.95. The number of nitrogens with one attached hydrogen (secondary N) is 1. The van der Waals surface area contributed by atoms with Gasteiger partial charge in [-0.25, -0.2) is 9.18 Å². The fourth-order valence-electron chi connectivity index (χ4n) is 2.29. The molecule has 0 aliphatic carbocycles. The monoisotopic (exact) mass is 340 g/mol. The van der Waals surface area contributed by atoms with Crippen LogP contribution in [0.4, 0.5) is 4.39 Å². The van der Waals surface area contributed by atoms with E-state index in [1.807, 2.05) is 0 Å². The van der Waals surface area contributed by atoms with Crippen LogP contribution in [-0.4, -0.2) is 18.5 Å². The van der Waals surface area contributed by atoms with E-state index in [2.05, 4.69) is 5.32 Å². The average molecular weight is 340 g/mol. The van der Waals surface area contributed by atoms with Gasteiger partial charge >= 0.3 is 5.97 Å². The van der Waals surface area contributed by atoms with Crippen molar-refractivity contribution in [3.05, 3.63) is 71.8 Å². The highest BCUT2D eigenvalue weighted by molar-refractivity contribution is 5.93. The molecule has 0 bridgehead atoms. The molecule has 2 aromatic carbocycles. The third-order valence-electron chi connectivity index (χ3n) is 3.57. The highest BCUT2D eigenvalue weighted by Crippen LogP contribution is 2.27. The van der Waals surface area contributed by atoms with Gasteiger partial charge in [0.25, 0.3) is 11.6 Å². The Labute approximate surface area is 145 Å². The van der Waals surface area contributed by atoms with E-state index in [4.69, 9.17) is 4.74 Å². The molecule has 25 heavy (non-hydrogen) atoms. The maximum absolute atomic E-state index is 15.0. The first-order valence-corrected chi connectivity index (χ1v) is 7.71. The number of benzene rings is 2. The summed E-state index contributed by atoms with van der Waals surface area (Å²) in [6, 6.07) is 15.9. The number of hydrogen-bond donors (Lipinski definition) is 1. The number of rotatable bonds is 6.